The molecule has 0 atom stereocenters. The van der Waals surface area contributed by atoms with Crippen molar-refractivity contribution in [2.45, 2.75) is 18.3 Å². The fourth-order valence-electron chi connectivity index (χ4n) is 4.16. The van der Waals surface area contributed by atoms with Crippen LogP contribution in [-0.4, -0.2) is 40.8 Å². The van der Waals surface area contributed by atoms with Crippen LogP contribution in [0.1, 0.15) is 18.4 Å². The molecule has 2 N–H and O–H groups in total. The van der Waals surface area contributed by atoms with Crippen molar-refractivity contribution in [2.75, 3.05) is 19.5 Å². The van der Waals surface area contributed by atoms with E-state index in [4.69, 9.17) is 21.1 Å². The predicted octanol–water partition coefficient (Wildman–Crippen LogP) is 5.01. The first-order chi connectivity index (χ1) is 16.9. The molecule has 178 valence electrons. The molecule has 35 heavy (non-hydrogen) atoms. The summed E-state index contributed by atoms with van der Waals surface area (Å²) in [6.07, 6.45) is 1.34. The fourth-order valence-corrected chi connectivity index (χ4v) is 4.28. The topological polar surface area (TPSA) is 102 Å². The van der Waals surface area contributed by atoms with Gasteiger partial charge < -0.3 is 14.8 Å². The molecule has 1 amide bonds. The summed E-state index contributed by atoms with van der Waals surface area (Å²) < 4.78 is 26.1. The maximum Gasteiger partial charge on any atom is 0.235 e. The Bertz CT molecular complexity index is 1390. The molecule has 4 aromatic rings. The van der Waals surface area contributed by atoms with Crippen LogP contribution in [0.3, 0.4) is 0 Å². The second-order valence-corrected chi connectivity index (χ2v) is 8.66. The molecule has 0 aliphatic heterocycles. The van der Waals surface area contributed by atoms with Crippen LogP contribution in [0.4, 0.5) is 10.1 Å². The average molecular weight is 494 g/mol. The molecule has 1 heterocycles. The molecule has 1 fully saturated rings. The molecule has 0 radical (unpaired) electrons. The van der Waals surface area contributed by atoms with Gasteiger partial charge in [0.2, 0.25) is 11.7 Å². The summed E-state index contributed by atoms with van der Waals surface area (Å²) in [7, 11) is 3.06. The van der Waals surface area contributed by atoms with Gasteiger partial charge in [0.1, 0.15) is 5.82 Å². The van der Waals surface area contributed by atoms with Crippen LogP contribution < -0.4 is 14.8 Å². The van der Waals surface area contributed by atoms with Crippen molar-refractivity contribution in [1.29, 1.82) is 0 Å². The summed E-state index contributed by atoms with van der Waals surface area (Å²) in [6.45, 7) is 0. The maximum absolute atomic E-state index is 15.4. The van der Waals surface area contributed by atoms with Crippen LogP contribution in [0.2, 0.25) is 5.02 Å². The number of tetrazole rings is 1. The SMILES string of the molecule is COc1ccc(-c2cc(F)c(NC(=O)C3(c4ccc(Cl)cc4)CC3)cc2-c2nn[nH]n2)cc1OC. The highest BCUT2D eigenvalue weighted by Crippen LogP contribution is 2.49. The highest BCUT2D eigenvalue weighted by molar-refractivity contribution is 6.30. The number of carbonyl (C=O) groups is 1. The monoisotopic (exact) mass is 493 g/mol. The van der Waals surface area contributed by atoms with E-state index in [0.717, 1.165) is 5.56 Å². The molecular weight excluding hydrogens is 473 g/mol. The lowest BCUT2D eigenvalue weighted by Crippen LogP contribution is -2.28. The van der Waals surface area contributed by atoms with E-state index in [1.807, 2.05) is 12.1 Å². The Morgan fingerprint density at radius 1 is 1.03 bits per heavy atom. The lowest BCUT2D eigenvalue weighted by atomic mass is 9.94. The number of aromatic amines is 1. The first-order valence-electron chi connectivity index (χ1n) is 10.8. The number of methoxy groups -OCH3 is 2. The minimum atomic E-state index is -0.703. The summed E-state index contributed by atoms with van der Waals surface area (Å²) in [4.78, 5) is 13.3. The number of ether oxygens (including phenoxy) is 2. The van der Waals surface area contributed by atoms with E-state index in [0.29, 0.717) is 46.1 Å². The molecule has 5 rings (SSSR count). The van der Waals surface area contributed by atoms with Gasteiger partial charge in [0, 0.05) is 10.6 Å². The van der Waals surface area contributed by atoms with E-state index in [1.165, 1.54) is 26.4 Å². The third-order valence-corrected chi connectivity index (χ3v) is 6.47. The number of hydrogen-bond acceptors (Lipinski definition) is 6. The largest absolute Gasteiger partial charge is 0.493 e. The number of anilines is 1. The van der Waals surface area contributed by atoms with Gasteiger partial charge in [0.25, 0.3) is 0 Å². The number of nitrogens with zero attached hydrogens (tertiary/aromatic N) is 3. The Morgan fingerprint density at radius 3 is 2.40 bits per heavy atom. The third kappa shape index (κ3) is 4.19. The van der Waals surface area contributed by atoms with Crippen molar-refractivity contribution < 1.29 is 18.7 Å². The molecule has 0 unspecified atom stereocenters. The van der Waals surface area contributed by atoms with E-state index in [9.17, 15) is 4.79 Å². The molecule has 1 aromatic heterocycles. The van der Waals surface area contributed by atoms with Gasteiger partial charge in [0.05, 0.1) is 25.3 Å². The molecule has 0 bridgehead atoms. The molecule has 8 nitrogen and oxygen atoms in total. The summed E-state index contributed by atoms with van der Waals surface area (Å²) in [5.74, 6) is 0.405. The van der Waals surface area contributed by atoms with Crippen molar-refractivity contribution in [2.24, 2.45) is 0 Å². The Kier molecular flexibility index (Phi) is 5.86. The van der Waals surface area contributed by atoms with Crippen LogP contribution in [0.5, 0.6) is 11.5 Å². The zero-order valence-corrected chi connectivity index (χ0v) is 19.7. The summed E-state index contributed by atoms with van der Waals surface area (Å²) in [6, 6.07) is 15.2. The Labute approximate surface area is 205 Å². The van der Waals surface area contributed by atoms with Gasteiger partial charge >= 0.3 is 0 Å². The molecule has 0 spiro atoms. The number of benzene rings is 3. The molecule has 10 heteroatoms. The Balaban J connectivity index is 1.54. The number of halogens is 2. The van der Waals surface area contributed by atoms with Gasteiger partial charge in [-0.15, -0.1) is 10.2 Å². The van der Waals surface area contributed by atoms with Crippen LogP contribution in [0.15, 0.2) is 54.6 Å². The van der Waals surface area contributed by atoms with Gasteiger partial charge in [-0.2, -0.15) is 5.21 Å². The second kappa shape index (κ2) is 8.99. The lowest BCUT2D eigenvalue weighted by molar-refractivity contribution is -0.118. The molecule has 1 aliphatic carbocycles. The van der Waals surface area contributed by atoms with E-state index in [1.54, 1.807) is 30.3 Å². The van der Waals surface area contributed by atoms with E-state index >= 15 is 4.39 Å². The van der Waals surface area contributed by atoms with E-state index < -0.39 is 11.2 Å². The van der Waals surface area contributed by atoms with Gasteiger partial charge in [-0.25, -0.2) is 4.39 Å². The minimum absolute atomic E-state index is 0.0271. The summed E-state index contributed by atoms with van der Waals surface area (Å²) in [5.41, 5.74) is 1.81. The Morgan fingerprint density at radius 2 is 1.77 bits per heavy atom. The van der Waals surface area contributed by atoms with E-state index in [2.05, 4.69) is 25.9 Å². The normalized spacial score (nSPS) is 13.8. The molecule has 3 aromatic carbocycles. The number of amides is 1. The number of carbonyl (C=O) groups excluding carboxylic acids is 1. The molecule has 0 saturated heterocycles. The zero-order valence-electron chi connectivity index (χ0n) is 18.9. The van der Waals surface area contributed by atoms with Crippen LogP contribution in [0.25, 0.3) is 22.5 Å². The van der Waals surface area contributed by atoms with Gasteiger partial charge in [-0.05, 0) is 71.1 Å². The average Bonchev–Trinajstić information content (AvgIpc) is 3.51. The van der Waals surface area contributed by atoms with Crippen molar-refractivity contribution in [1.82, 2.24) is 20.6 Å². The number of nitrogens with one attached hydrogen (secondary N) is 2. The second-order valence-electron chi connectivity index (χ2n) is 8.23. The van der Waals surface area contributed by atoms with Crippen LogP contribution in [-0.2, 0) is 10.2 Å². The van der Waals surface area contributed by atoms with Crippen molar-refractivity contribution in [3.63, 3.8) is 0 Å². The first kappa shape index (κ1) is 22.8. The molecule has 1 saturated carbocycles. The number of hydrogen-bond donors (Lipinski definition) is 2. The highest BCUT2D eigenvalue weighted by atomic mass is 35.5. The van der Waals surface area contributed by atoms with Gasteiger partial charge in [-0.1, -0.05) is 29.8 Å². The smallest absolute Gasteiger partial charge is 0.235 e. The minimum Gasteiger partial charge on any atom is -0.493 e. The maximum atomic E-state index is 15.4. The fraction of sp³-hybridized carbons (Fsp3) is 0.200. The number of aromatic nitrogens is 4. The number of rotatable bonds is 7. The van der Waals surface area contributed by atoms with Crippen molar-refractivity contribution >= 4 is 23.2 Å². The summed E-state index contributed by atoms with van der Waals surface area (Å²) in [5, 5.41) is 17.5. The van der Waals surface area contributed by atoms with Crippen LogP contribution in [0, 0.1) is 5.82 Å². The third-order valence-electron chi connectivity index (χ3n) is 6.22. The van der Waals surface area contributed by atoms with Gasteiger partial charge in [-0.3, -0.25) is 4.79 Å². The highest BCUT2D eigenvalue weighted by Gasteiger charge is 2.51. The first-order valence-corrected chi connectivity index (χ1v) is 11.2. The number of H-pyrrole nitrogens is 1. The molecule has 1 aliphatic rings. The van der Waals surface area contributed by atoms with E-state index in [-0.39, 0.29) is 17.4 Å². The predicted molar refractivity (Wildman–Crippen MR) is 129 cm³/mol. The van der Waals surface area contributed by atoms with Crippen LogP contribution >= 0.6 is 11.6 Å². The molecular formula is C25H21ClFN5O3. The standard InChI is InChI=1S/C25H21ClFN5O3/c1-34-21-8-3-14(11-22(21)35-2)17-12-19(27)20(13-18(17)23-29-31-32-30-23)28-24(33)25(9-10-25)15-4-6-16(26)7-5-15/h3-8,11-13H,9-10H2,1-2H3,(H,28,33)(H,29,30,31,32). The lowest BCUT2D eigenvalue weighted by Gasteiger charge is -2.18. The quantitative estimate of drug-likeness (QED) is 0.375. The zero-order chi connectivity index (χ0) is 24.6. The van der Waals surface area contributed by atoms with Crippen molar-refractivity contribution in [3.8, 4) is 34.0 Å². The summed E-state index contributed by atoms with van der Waals surface area (Å²) >= 11 is 6.00. The van der Waals surface area contributed by atoms with Gasteiger partial charge in [0.15, 0.2) is 11.5 Å². The van der Waals surface area contributed by atoms with Crippen molar-refractivity contribution in [3.05, 3.63) is 71.0 Å². The Hall–Kier alpha value is -3.98.